The van der Waals surface area contributed by atoms with E-state index in [1.54, 1.807) is 19.2 Å². The van der Waals surface area contributed by atoms with Gasteiger partial charge in [0.1, 0.15) is 11.5 Å². The summed E-state index contributed by atoms with van der Waals surface area (Å²) in [6, 6.07) is 17.5. The number of ether oxygens (including phenoxy) is 2. The summed E-state index contributed by atoms with van der Waals surface area (Å²) in [4.78, 5) is 0. The average molecular weight is 316 g/mol. The van der Waals surface area contributed by atoms with Crippen molar-refractivity contribution >= 4 is 11.6 Å². The molecule has 2 aromatic rings. The molecule has 2 rings (SSSR count). The molecule has 22 heavy (non-hydrogen) atoms. The monoisotopic (exact) mass is 315 g/mol. The van der Waals surface area contributed by atoms with Crippen molar-refractivity contribution in [2.45, 2.75) is 18.8 Å². The molecule has 0 heterocycles. The van der Waals surface area contributed by atoms with Crippen LogP contribution in [0.4, 0.5) is 0 Å². The van der Waals surface area contributed by atoms with Crippen molar-refractivity contribution in [3.63, 3.8) is 0 Å². The Labute approximate surface area is 136 Å². The first-order chi connectivity index (χ1) is 10.7. The summed E-state index contributed by atoms with van der Waals surface area (Å²) < 4.78 is 10.8. The van der Waals surface area contributed by atoms with Gasteiger partial charge in [0.05, 0.1) is 30.7 Å². The third kappa shape index (κ3) is 4.41. The maximum atomic E-state index is 9.35. The van der Waals surface area contributed by atoms with Crippen LogP contribution in [0.15, 0.2) is 48.5 Å². The van der Waals surface area contributed by atoms with E-state index in [1.165, 1.54) is 0 Å². The minimum atomic E-state index is -0.192. The standard InChI is InChI=1S/C18H18ClNO2/c1-21-18-10-9-14(12-17(18)19)15(13-20)6-5-11-22-16-7-3-2-4-8-16/h2-4,7-10,12,15H,5-6,11H2,1H3. The Morgan fingerprint density at radius 2 is 1.95 bits per heavy atom. The molecular weight excluding hydrogens is 298 g/mol. The van der Waals surface area contributed by atoms with Crippen LogP contribution in [0.2, 0.25) is 5.02 Å². The van der Waals surface area contributed by atoms with E-state index in [9.17, 15) is 5.26 Å². The van der Waals surface area contributed by atoms with Crippen molar-refractivity contribution in [2.75, 3.05) is 13.7 Å². The van der Waals surface area contributed by atoms with Crippen LogP contribution in [-0.2, 0) is 0 Å². The number of rotatable bonds is 7. The SMILES string of the molecule is COc1ccc(C(C#N)CCCOc2ccccc2)cc1Cl. The first-order valence-corrected chi connectivity index (χ1v) is 7.53. The third-order valence-corrected chi connectivity index (χ3v) is 3.68. The molecule has 0 saturated carbocycles. The molecule has 1 unspecified atom stereocenters. The summed E-state index contributed by atoms with van der Waals surface area (Å²) in [6.45, 7) is 0.589. The molecule has 1 atom stereocenters. The number of para-hydroxylation sites is 1. The topological polar surface area (TPSA) is 42.2 Å². The Kier molecular flexibility index (Phi) is 6.12. The van der Waals surface area contributed by atoms with Gasteiger partial charge >= 0.3 is 0 Å². The lowest BCUT2D eigenvalue weighted by Gasteiger charge is -2.12. The molecule has 0 spiro atoms. The molecule has 114 valence electrons. The highest BCUT2D eigenvalue weighted by molar-refractivity contribution is 6.32. The summed E-state index contributed by atoms with van der Waals surface area (Å²) >= 11 is 6.11. The van der Waals surface area contributed by atoms with E-state index in [2.05, 4.69) is 6.07 Å². The zero-order valence-corrected chi connectivity index (χ0v) is 13.2. The Bertz CT molecular complexity index is 637. The first kappa shape index (κ1) is 16.2. The van der Waals surface area contributed by atoms with Crippen LogP contribution < -0.4 is 9.47 Å². The van der Waals surface area contributed by atoms with E-state index in [-0.39, 0.29) is 5.92 Å². The van der Waals surface area contributed by atoms with Gasteiger partial charge in [-0.1, -0.05) is 35.9 Å². The largest absolute Gasteiger partial charge is 0.495 e. The molecular formula is C18H18ClNO2. The molecule has 0 amide bonds. The molecule has 2 aromatic carbocycles. The summed E-state index contributed by atoms with van der Waals surface area (Å²) in [5.74, 6) is 1.28. The lowest BCUT2D eigenvalue weighted by Crippen LogP contribution is -2.02. The molecule has 0 aliphatic heterocycles. The highest BCUT2D eigenvalue weighted by Crippen LogP contribution is 2.30. The molecule has 0 fully saturated rings. The fourth-order valence-corrected chi connectivity index (χ4v) is 2.47. The van der Waals surface area contributed by atoms with Gasteiger partial charge in [-0.05, 0) is 42.7 Å². The Hall–Kier alpha value is -2.18. The number of nitrogens with zero attached hydrogens (tertiary/aromatic N) is 1. The highest BCUT2D eigenvalue weighted by Gasteiger charge is 2.12. The van der Waals surface area contributed by atoms with Crippen molar-refractivity contribution in [1.82, 2.24) is 0 Å². The van der Waals surface area contributed by atoms with E-state index >= 15 is 0 Å². The average Bonchev–Trinajstić information content (AvgIpc) is 2.56. The fourth-order valence-electron chi connectivity index (χ4n) is 2.20. The van der Waals surface area contributed by atoms with Crippen molar-refractivity contribution in [3.8, 4) is 17.6 Å². The van der Waals surface area contributed by atoms with Crippen molar-refractivity contribution < 1.29 is 9.47 Å². The summed E-state index contributed by atoms with van der Waals surface area (Å²) in [5, 5.41) is 9.88. The van der Waals surface area contributed by atoms with Gasteiger partial charge in [0.25, 0.3) is 0 Å². The smallest absolute Gasteiger partial charge is 0.137 e. The minimum Gasteiger partial charge on any atom is -0.495 e. The normalized spacial score (nSPS) is 11.5. The molecule has 0 bridgehead atoms. The lowest BCUT2D eigenvalue weighted by molar-refractivity contribution is 0.305. The van der Waals surface area contributed by atoms with Crippen LogP contribution in [0.1, 0.15) is 24.3 Å². The number of benzene rings is 2. The van der Waals surface area contributed by atoms with Gasteiger partial charge in [-0.25, -0.2) is 0 Å². The molecule has 0 aliphatic rings. The Balaban J connectivity index is 1.87. The van der Waals surface area contributed by atoms with Gasteiger partial charge in [0.2, 0.25) is 0 Å². The predicted octanol–water partition coefficient (Wildman–Crippen LogP) is 4.81. The number of halogens is 1. The van der Waals surface area contributed by atoms with E-state index in [4.69, 9.17) is 21.1 Å². The van der Waals surface area contributed by atoms with Gasteiger partial charge < -0.3 is 9.47 Å². The summed E-state index contributed by atoms with van der Waals surface area (Å²) in [5.41, 5.74) is 0.910. The maximum Gasteiger partial charge on any atom is 0.137 e. The van der Waals surface area contributed by atoms with Gasteiger partial charge in [-0.3, -0.25) is 0 Å². The molecule has 0 aliphatic carbocycles. The van der Waals surface area contributed by atoms with Crippen LogP contribution in [-0.4, -0.2) is 13.7 Å². The van der Waals surface area contributed by atoms with Gasteiger partial charge in [-0.15, -0.1) is 0 Å². The first-order valence-electron chi connectivity index (χ1n) is 7.15. The predicted molar refractivity (Wildman–Crippen MR) is 87.5 cm³/mol. The quantitative estimate of drug-likeness (QED) is 0.688. The van der Waals surface area contributed by atoms with Crippen molar-refractivity contribution in [2.24, 2.45) is 0 Å². The molecule has 0 radical (unpaired) electrons. The lowest BCUT2D eigenvalue weighted by atomic mass is 9.96. The number of hydrogen-bond donors (Lipinski definition) is 0. The van der Waals surface area contributed by atoms with E-state index in [0.29, 0.717) is 17.4 Å². The van der Waals surface area contributed by atoms with Crippen molar-refractivity contribution in [3.05, 3.63) is 59.1 Å². The molecule has 0 saturated heterocycles. The fraction of sp³-hybridized carbons (Fsp3) is 0.278. The van der Waals surface area contributed by atoms with Gasteiger partial charge in [-0.2, -0.15) is 5.26 Å². The highest BCUT2D eigenvalue weighted by atomic mass is 35.5. The molecule has 0 N–H and O–H groups in total. The number of methoxy groups -OCH3 is 1. The Morgan fingerprint density at radius 3 is 2.59 bits per heavy atom. The van der Waals surface area contributed by atoms with E-state index < -0.39 is 0 Å². The second-order valence-electron chi connectivity index (χ2n) is 4.88. The van der Waals surface area contributed by atoms with E-state index in [1.807, 2.05) is 36.4 Å². The molecule has 4 heteroatoms. The second-order valence-corrected chi connectivity index (χ2v) is 5.29. The van der Waals surface area contributed by atoms with Crippen LogP contribution >= 0.6 is 11.6 Å². The van der Waals surface area contributed by atoms with Crippen LogP contribution in [0.25, 0.3) is 0 Å². The summed E-state index contributed by atoms with van der Waals surface area (Å²) in [6.07, 6.45) is 1.53. The molecule has 3 nitrogen and oxygen atoms in total. The van der Waals surface area contributed by atoms with Crippen molar-refractivity contribution in [1.29, 1.82) is 5.26 Å². The zero-order chi connectivity index (χ0) is 15.8. The second kappa shape index (κ2) is 8.31. The Morgan fingerprint density at radius 1 is 1.18 bits per heavy atom. The molecule has 0 aromatic heterocycles. The van der Waals surface area contributed by atoms with Crippen LogP contribution in [0.5, 0.6) is 11.5 Å². The van der Waals surface area contributed by atoms with Gasteiger partial charge in [0.15, 0.2) is 0 Å². The maximum absolute atomic E-state index is 9.35. The zero-order valence-electron chi connectivity index (χ0n) is 12.5. The minimum absolute atomic E-state index is 0.192. The number of hydrogen-bond acceptors (Lipinski definition) is 3. The van der Waals surface area contributed by atoms with E-state index in [0.717, 1.165) is 24.2 Å². The van der Waals surface area contributed by atoms with Crippen LogP contribution in [0, 0.1) is 11.3 Å². The van der Waals surface area contributed by atoms with Gasteiger partial charge in [0, 0.05) is 0 Å². The summed E-state index contributed by atoms with van der Waals surface area (Å²) in [7, 11) is 1.57. The number of nitriles is 1. The third-order valence-electron chi connectivity index (χ3n) is 3.38. The van der Waals surface area contributed by atoms with Crippen LogP contribution in [0.3, 0.4) is 0 Å².